The molecule has 0 aromatic heterocycles. The van der Waals surface area contributed by atoms with Crippen LogP contribution in [0.4, 0.5) is 0 Å². The van der Waals surface area contributed by atoms with Crippen LogP contribution >= 0.6 is 0 Å². The Kier molecular flexibility index (Phi) is 7.38. The van der Waals surface area contributed by atoms with Crippen molar-refractivity contribution in [3.05, 3.63) is 70.8 Å². The van der Waals surface area contributed by atoms with Crippen molar-refractivity contribution in [2.45, 2.75) is 51.5 Å². The number of nitrogens with zero attached hydrogens (tertiary/aromatic N) is 3. The van der Waals surface area contributed by atoms with Gasteiger partial charge in [0.1, 0.15) is 0 Å². The topological polar surface area (TPSA) is 47.3 Å². The smallest absolute Gasteiger partial charge is 0.222 e. The summed E-state index contributed by atoms with van der Waals surface area (Å²) in [6, 6.07) is 19.2. The number of carbonyl (C=O) groups excluding carboxylic acids is 1. The minimum absolute atomic E-state index is 0.311. The molecule has 0 saturated carbocycles. The Bertz CT molecular complexity index is 901. The fraction of sp³-hybridized carbons (Fsp3) is 0.481. The van der Waals surface area contributed by atoms with E-state index < -0.39 is 0 Å². The molecule has 31 heavy (non-hydrogen) atoms. The number of piperidine rings is 1. The van der Waals surface area contributed by atoms with E-state index in [1.807, 2.05) is 23.1 Å². The summed E-state index contributed by atoms with van der Waals surface area (Å²) in [5, 5.41) is 9.30. The highest BCUT2D eigenvalue weighted by Crippen LogP contribution is 2.24. The molecule has 2 aromatic rings. The van der Waals surface area contributed by atoms with Gasteiger partial charge in [0, 0.05) is 26.1 Å². The zero-order valence-corrected chi connectivity index (χ0v) is 18.4. The van der Waals surface area contributed by atoms with Crippen LogP contribution < -0.4 is 0 Å². The van der Waals surface area contributed by atoms with E-state index in [-0.39, 0.29) is 0 Å². The summed E-state index contributed by atoms with van der Waals surface area (Å²) in [5.74, 6) is 1.04. The van der Waals surface area contributed by atoms with Crippen LogP contribution in [-0.4, -0.2) is 41.9 Å². The Balaban J connectivity index is 1.20. The maximum absolute atomic E-state index is 12.2. The van der Waals surface area contributed by atoms with E-state index in [1.165, 1.54) is 24.0 Å². The molecule has 0 N–H and O–H groups in total. The third-order valence-corrected chi connectivity index (χ3v) is 6.87. The van der Waals surface area contributed by atoms with Gasteiger partial charge < -0.3 is 4.90 Å². The highest BCUT2D eigenvalue weighted by atomic mass is 16.2. The van der Waals surface area contributed by atoms with E-state index in [0.717, 1.165) is 75.5 Å². The van der Waals surface area contributed by atoms with Crippen LogP contribution in [0.1, 0.15) is 54.4 Å². The first kappa shape index (κ1) is 21.6. The molecule has 0 atom stereocenters. The molecule has 4 rings (SSSR count). The van der Waals surface area contributed by atoms with Gasteiger partial charge in [-0.3, -0.25) is 9.69 Å². The van der Waals surface area contributed by atoms with Crippen molar-refractivity contribution in [1.29, 1.82) is 5.26 Å². The number of likely N-dealkylation sites (tertiary alicyclic amines) is 2. The van der Waals surface area contributed by atoms with Gasteiger partial charge in [0.15, 0.2) is 0 Å². The molecular formula is C27H33N3O. The van der Waals surface area contributed by atoms with Gasteiger partial charge in [0.25, 0.3) is 0 Å². The Hall–Kier alpha value is -2.64. The fourth-order valence-electron chi connectivity index (χ4n) is 4.91. The van der Waals surface area contributed by atoms with Gasteiger partial charge >= 0.3 is 0 Å². The third-order valence-electron chi connectivity index (χ3n) is 6.87. The van der Waals surface area contributed by atoms with Gasteiger partial charge in [-0.05, 0) is 80.3 Å². The van der Waals surface area contributed by atoms with Crippen LogP contribution in [0.5, 0.6) is 0 Å². The lowest BCUT2D eigenvalue weighted by Gasteiger charge is -2.32. The van der Waals surface area contributed by atoms with E-state index in [1.54, 1.807) is 0 Å². The first-order chi connectivity index (χ1) is 15.2. The van der Waals surface area contributed by atoms with Crippen molar-refractivity contribution in [2.75, 3.05) is 26.2 Å². The number of carbonyl (C=O) groups is 1. The van der Waals surface area contributed by atoms with Crippen LogP contribution in [0, 0.1) is 17.2 Å². The molecule has 2 aromatic carbocycles. The first-order valence-electron chi connectivity index (χ1n) is 11.8. The number of nitriles is 1. The second kappa shape index (κ2) is 10.6. The van der Waals surface area contributed by atoms with Crippen molar-refractivity contribution < 1.29 is 4.79 Å². The van der Waals surface area contributed by atoms with Crippen LogP contribution in [0.3, 0.4) is 0 Å². The molecule has 0 aliphatic carbocycles. The second-order valence-corrected chi connectivity index (χ2v) is 9.10. The van der Waals surface area contributed by atoms with Crippen molar-refractivity contribution >= 4 is 5.91 Å². The molecule has 2 aliphatic rings. The van der Waals surface area contributed by atoms with E-state index in [4.69, 9.17) is 0 Å². The lowest BCUT2D eigenvalue weighted by Crippen LogP contribution is -2.34. The molecule has 4 heteroatoms. The number of benzene rings is 2. The molecule has 2 saturated heterocycles. The Morgan fingerprint density at radius 3 is 2.32 bits per heavy atom. The molecule has 4 nitrogen and oxygen atoms in total. The molecule has 162 valence electrons. The maximum atomic E-state index is 12.2. The van der Waals surface area contributed by atoms with Crippen LogP contribution in [0.25, 0.3) is 0 Å². The maximum Gasteiger partial charge on any atom is 0.222 e. The van der Waals surface area contributed by atoms with Crippen molar-refractivity contribution in [3.8, 4) is 6.07 Å². The molecule has 0 bridgehead atoms. The standard InChI is InChI=1S/C27H33N3O/c28-20-25-5-1-2-6-26(25)21-29-17-13-24(14-18-29)19-23-9-7-22(8-10-23)11-12-27(31)30-15-3-4-16-30/h1-2,5-10,24H,3-4,11-19,21H2. The zero-order valence-electron chi connectivity index (χ0n) is 18.4. The summed E-state index contributed by atoms with van der Waals surface area (Å²) in [7, 11) is 0. The largest absolute Gasteiger partial charge is 0.343 e. The van der Waals surface area contributed by atoms with Crippen LogP contribution in [0.2, 0.25) is 0 Å². The summed E-state index contributed by atoms with van der Waals surface area (Å²) >= 11 is 0. The number of amides is 1. The Morgan fingerprint density at radius 2 is 1.61 bits per heavy atom. The van der Waals surface area contributed by atoms with Gasteiger partial charge in [-0.25, -0.2) is 0 Å². The fourth-order valence-corrected chi connectivity index (χ4v) is 4.91. The van der Waals surface area contributed by atoms with Gasteiger partial charge in [-0.15, -0.1) is 0 Å². The summed E-state index contributed by atoms with van der Waals surface area (Å²) in [6.45, 7) is 4.96. The molecule has 2 fully saturated rings. The third kappa shape index (κ3) is 5.95. The number of rotatable bonds is 7. The SMILES string of the molecule is N#Cc1ccccc1CN1CCC(Cc2ccc(CCC(=O)N3CCCC3)cc2)CC1. The monoisotopic (exact) mass is 415 g/mol. The molecule has 1 amide bonds. The van der Waals surface area contributed by atoms with E-state index in [2.05, 4.69) is 41.3 Å². The minimum Gasteiger partial charge on any atom is -0.343 e. The zero-order chi connectivity index (χ0) is 21.5. The summed E-state index contributed by atoms with van der Waals surface area (Å²) in [4.78, 5) is 16.7. The van der Waals surface area contributed by atoms with Gasteiger partial charge in [-0.2, -0.15) is 5.26 Å². The molecular weight excluding hydrogens is 382 g/mol. The van der Waals surface area contributed by atoms with Crippen molar-refractivity contribution in [2.24, 2.45) is 5.92 Å². The number of hydrogen-bond acceptors (Lipinski definition) is 3. The predicted octanol–water partition coefficient (Wildman–Crippen LogP) is 4.57. The lowest BCUT2D eigenvalue weighted by atomic mass is 9.89. The van der Waals surface area contributed by atoms with Crippen LogP contribution in [0.15, 0.2) is 48.5 Å². The van der Waals surface area contributed by atoms with Gasteiger partial charge in [0.05, 0.1) is 11.6 Å². The molecule has 0 spiro atoms. The second-order valence-electron chi connectivity index (χ2n) is 9.10. The highest BCUT2D eigenvalue weighted by Gasteiger charge is 2.20. The highest BCUT2D eigenvalue weighted by molar-refractivity contribution is 5.76. The lowest BCUT2D eigenvalue weighted by molar-refractivity contribution is -0.130. The van der Waals surface area contributed by atoms with Crippen LogP contribution in [-0.2, 0) is 24.2 Å². The summed E-state index contributed by atoms with van der Waals surface area (Å²) < 4.78 is 0. The Labute approximate surface area is 186 Å². The molecule has 0 unspecified atom stereocenters. The van der Waals surface area contributed by atoms with Crippen molar-refractivity contribution in [1.82, 2.24) is 9.80 Å². The molecule has 2 aliphatic heterocycles. The number of hydrogen-bond donors (Lipinski definition) is 0. The van der Waals surface area contributed by atoms with E-state index >= 15 is 0 Å². The minimum atomic E-state index is 0.311. The van der Waals surface area contributed by atoms with Crippen molar-refractivity contribution in [3.63, 3.8) is 0 Å². The molecule has 0 radical (unpaired) electrons. The molecule has 2 heterocycles. The van der Waals surface area contributed by atoms with E-state index in [0.29, 0.717) is 12.3 Å². The van der Waals surface area contributed by atoms with E-state index in [9.17, 15) is 10.1 Å². The van der Waals surface area contributed by atoms with Gasteiger partial charge in [-0.1, -0.05) is 42.5 Å². The Morgan fingerprint density at radius 1 is 0.935 bits per heavy atom. The quantitative estimate of drug-likeness (QED) is 0.666. The predicted molar refractivity (Wildman–Crippen MR) is 123 cm³/mol. The summed E-state index contributed by atoms with van der Waals surface area (Å²) in [6.07, 6.45) is 7.35. The number of aryl methyl sites for hydroxylation is 1. The average Bonchev–Trinajstić information content (AvgIpc) is 3.35. The van der Waals surface area contributed by atoms with Gasteiger partial charge in [0.2, 0.25) is 5.91 Å². The summed E-state index contributed by atoms with van der Waals surface area (Å²) in [5.41, 5.74) is 4.61. The average molecular weight is 416 g/mol. The normalized spacial score (nSPS) is 17.6. The first-order valence-corrected chi connectivity index (χ1v) is 11.8.